The molecule has 5 heteroatoms. The van der Waals surface area contributed by atoms with E-state index >= 15 is 0 Å². The van der Waals surface area contributed by atoms with Gasteiger partial charge < -0.3 is 14.8 Å². The predicted molar refractivity (Wildman–Crippen MR) is 77.4 cm³/mol. The van der Waals surface area contributed by atoms with E-state index in [9.17, 15) is 14.7 Å². The molecule has 1 aromatic heterocycles. The highest BCUT2D eigenvalue weighted by atomic mass is 16.4. The zero-order chi connectivity index (χ0) is 15.2. The fourth-order valence-electron chi connectivity index (χ4n) is 1.82. The third-order valence-electron chi connectivity index (χ3n) is 2.83. The fraction of sp³-hybridized carbons (Fsp3) is 0.125. The molecule has 1 amide bonds. The lowest BCUT2D eigenvalue weighted by Gasteiger charge is -2.13. The molecule has 2 rings (SSSR count). The van der Waals surface area contributed by atoms with Crippen molar-refractivity contribution >= 4 is 18.0 Å². The number of amides is 1. The zero-order valence-corrected chi connectivity index (χ0v) is 11.4. The molecule has 1 heterocycles. The summed E-state index contributed by atoms with van der Waals surface area (Å²) in [5, 5.41) is 11.6. The first-order valence-corrected chi connectivity index (χ1v) is 6.39. The van der Waals surface area contributed by atoms with Crippen molar-refractivity contribution in [1.82, 2.24) is 5.32 Å². The summed E-state index contributed by atoms with van der Waals surface area (Å²) in [4.78, 5) is 23.1. The molecule has 108 valence electrons. The van der Waals surface area contributed by atoms with Crippen molar-refractivity contribution in [1.29, 1.82) is 0 Å². The molecule has 1 aromatic carbocycles. The van der Waals surface area contributed by atoms with Crippen LogP contribution in [0.5, 0.6) is 0 Å². The van der Waals surface area contributed by atoms with Crippen molar-refractivity contribution in [2.24, 2.45) is 0 Å². The minimum Gasteiger partial charge on any atom is -0.479 e. The van der Waals surface area contributed by atoms with Gasteiger partial charge in [-0.3, -0.25) is 4.79 Å². The van der Waals surface area contributed by atoms with Crippen molar-refractivity contribution in [2.45, 2.75) is 13.0 Å². The summed E-state index contributed by atoms with van der Waals surface area (Å²) in [5.41, 5.74) is 0.514. The molecule has 0 saturated heterocycles. The van der Waals surface area contributed by atoms with Crippen LogP contribution in [0.25, 0.3) is 6.08 Å². The largest absolute Gasteiger partial charge is 0.479 e. The van der Waals surface area contributed by atoms with E-state index in [-0.39, 0.29) is 0 Å². The molecular formula is C16H15NO4. The van der Waals surface area contributed by atoms with Crippen molar-refractivity contribution in [3.63, 3.8) is 0 Å². The van der Waals surface area contributed by atoms with Gasteiger partial charge in [-0.25, -0.2) is 4.79 Å². The van der Waals surface area contributed by atoms with Gasteiger partial charge in [-0.05, 0) is 30.7 Å². The van der Waals surface area contributed by atoms with Crippen LogP contribution in [-0.4, -0.2) is 17.0 Å². The number of rotatable bonds is 5. The number of carbonyl (C=O) groups is 2. The van der Waals surface area contributed by atoms with Crippen LogP contribution in [0.15, 0.2) is 53.0 Å². The maximum atomic E-state index is 11.8. The number of aryl methyl sites for hydroxylation is 1. The summed E-state index contributed by atoms with van der Waals surface area (Å²) in [6.07, 6.45) is 2.74. The summed E-state index contributed by atoms with van der Waals surface area (Å²) in [5.74, 6) is -0.339. The van der Waals surface area contributed by atoms with Crippen molar-refractivity contribution in [3.8, 4) is 0 Å². The normalized spacial score (nSPS) is 12.2. The van der Waals surface area contributed by atoms with Crippen LogP contribution in [0.2, 0.25) is 0 Å². The Hall–Kier alpha value is -2.82. The molecule has 0 radical (unpaired) electrons. The standard InChI is InChI=1S/C16H15NO4/c1-11-7-8-13(21-11)9-10-14(18)17-15(16(19)20)12-5-3-2-4-6-12/h2-10,15H,1H3,(H,17,18)(H,19,20)/b10-9+/t15-/m0/s1. The number of aliphatic carboxylic acids is 1. The lowest BCUT2D eigenvalue weighted by atomic mass is 10.1. The minimum absolute atomic E-state index is 0.500. The Labute approximate surface area is 121 Å². The Morgan fingerprint density at radius 2 is 1.90 bits per heavy atom. The van der Waals surface area contributed by atoms with Gasteiger partial charge in [0.1, 0.15) is 11.5 Å². The highest BCUT2D eigenvalue weighted by Gasteiger charge is 2.20. The smallest absolute Gasteiger partial charge is 0.330 e. The molecule has 0 fully saturated rings. The van der Waals surface area contributed by atoms with E-state index in [1.807, 2.05) is 0 Å². The first-order valence-electron chi connectivity index (χ1n) is 6.39. The van der Waals surface area contributed by atoms with Crippen LogP contribution in [-0.2, 0) is 9.59 Å². The van der Waals surface area contributed by atoms with E-state index in [1.54, 1.807) is 49.4 Å². The quantitative estimate of drug-likeness (QED) is 0.827. The van der Waals surface area contributed by atoms with Crippen LogP contribution < -0.4 is 5.32 Å². The number of hydrogen-bond donors (Lipinski definition) is 2. The van der Waals surface area contributed by atoms with Gasteiger partial charge in [0.25, 0.3) is 0 Å². The van der Waals surface area contributed by atoms with E-state index in [0.29, 0.717) is 11.3 Å². The highest BCUT2D eigenvalue weighted by Crippen LogP contribution is 2.13. The van der Waals surface area contributed by atoms with E-state index < -0.39 is 17.9 Å². The average Bonchev–Trinajstić information content (AvgIpc) is 2.89. The van der Waals surface area contributed by atoms with Gasteiger partial charge in [0, 0.05) is 6.08 Å². The molecule has 0 unspecified atom stereocenters. The van der Waals surface area contributed by atoms with Gasteiger partial charge in [0.2, 0.25) is 5.91 Å². The summed E-state index contributed by atoms with van der Waals surface area (Å²) < 4.78 is 5.29. The number of hydrogen-bond acceptors (Lipinski definition) is 3. The van der Waals surface area contributed by atoms with Crippen LogP contribution >= 0.6 is 0 Å². The van der Waals surface area contributed by atoms with Crippen molar-refractivity contribution < 1.29 is 19.1 Å². The van der Waals surface area contributed by atoms with Crippen LogP contribution in [0, 0.1) is 6.92 Å². The molecule has 0 aliphatic rings. The topological polar surface area (TPSA) is 79.5 Å². The maximum Gasteiger partial charge on any atom is 0.330 e. The summed E-state index contributed by atoms with van der Waals surface area (Å²) in [7, 11) is 0. The number of carbonyl (C=O) groups excluding carboxylic acids is 1. The molecule has 0 aliphatic carbocycles. The first kappa shape index (κ1) is 14.6. The Kier molecular flexibility index (Phi) is 4.56. The molecule has 5 nitrogen and oxygen atoms in total. The third kappa shape index (κ3) is 4.07. The van der Waals surface area contributed by atoms with Gasteiger partial charge in [0.15, 0.2) is 6.04 Å². The zero-order valence-electron chi connectivity index (χ0n) is 11.4. The van der Waals surface area contributed by atoms with Crippen LogP contribution in [0.3, 0.4) is 0 Å². The number of furan rings is 1. The van der Waals surface area contributed by atoms with Gasteiger partial charge in [0.05, 0.1) is 0 Å². The predicted octanol–water partition coefficient (Wildman–Crippen LogP) is 2.54. The summed E-state index contributed by atoms with van der Waals surface area (Å²) in [6, 6.07) is 11.0. The van der Waals surface area contributed by atoms with Crippen molar-refractivity contribution in [2.75, 3.05) is 0 Å². The third-order valence-corrected chi connectivity index (χ3v) is 2.83. The van der Waals surface area contributed by atoms with Gasteiger partial charge in [-0.1, -0.05) is 30.3 Å². The molecule has 21 heavy (non-hydrogen) atoms. The molecule has 2 N–H and O–H groups in total. The maximum absolute atomic E-state index is 11.8. The van der Waals surface area contributed by atoms with Gasteiger partial charge >= 0.3 is 5.97 Å². The lowest BCUT2D eigenvalue weighted by molar-refractivity contribution is -0.141. The Morgan fingerprint density at radius 3 is 2.48 bits per heavy atom. The van der Waals surface area contributed by atoms with E-state index in [1.165, 1.54) is 12.2 Å². The van der Waals surface area contributed by atoms with E-state index in [0.717, 1.165) is 5.76 Å². The fourth-order valence-corrected chi connectivity index (χ4v) is 1.82. The molecule has 0 saturated carbocycles. The molecular weight excluding hydrogens is 270 g/mol. The molecule has 2 aromatic rings. The number of benzene rings is 1. The van der Waals surface area contributed by atoms with Gasteiger partial charge in [-0.15, -0.1) is 0 Å². The SMILES string of the molecule is Cc1ccc(/C=C/C(=O)N[C@H](C(=O)O)c2ccccc2)o1. The molecule has 0 aliphatic heterocycles. The first-order chi connectivity index (χ1) is 10.1. The Balaban J connectivity index is 2.05. The minimum atomic E-state index is -1.11. The van der Waals surface area contributed by atoms with Gasteiger partial charge in [-0.2, -0.15) is 0 Å². The monoisotopic (exact) mass is 285 g/mol. The summed E-state index contributed by atoms with van der Waals surface area (Å²) in [6.45, 7) is 1.80. The second-order valence-corrected chi connectivity index (χ2v) is 4.47. The lowest BCUT2D eigenvalue weighted by Crippen LogP contribution is -2.32. The number of carboxylic acid groups (broad SMARTS) is 1. The molecule has 0 spiro atoms. The Bertz CT molecular complexity index is 658. The number of carboxylic acids is 1. The van der Waals surface area contributed by atoms with Crippen LogP contribution in [0.1, 0.15) is 23.1 Å². The molecule has 1 atom stereocenters. The van der Waals surface area contributed by atoms with Crippen molar-refractivity contribution in [3.05, 3.63) is 65.6 Å². The number of nitrogens with one attached hydrogen (secondary N) is 1. The van der Waals surface area contributed by atoms with Crippen LogP contribution in [0.4, 0.5) is 0 Å². The molecule has 0 bridgehead atoms. The second kappa shape index (κ2) is 6.56. The average molecular weight is 285 g/mol. The second-order valence-electron chi connectivity index (χ2n) is 4.47. The summed E-state index contributed by atoms with van der Waals surface area (Å²) >= 11 is 0. The Morgan fingerprint density at radius 1 is 1.19 bits per heavy atom. The highest BCUT2D eigenvalue weighted by molar-refractivity contribution is 5.94. The van der Waals surface area contributed by atoms with E-state index in [4.69, 9.17) is 4.42 Å². The van der Waals surface area contributed by atoms with E-state index in [2.05, 4.69) is 5.32 Å².